The lowest BCUT2D eigenvalue weighted by Gasteiger charge is -2.20. The molecular formula is C21H21N3O2. The number of benzene rings is 1. The quantitative estimate of drug-likeness (QED) is 0.665. The topological polar surface area (TPSA) is 67.9 Å². The van der Waals surface area contributed by atoms with E-state index in [1.54, 1.807) is 18.5 Å². The molecule has 5 nitrogen and oxygen atoms in total. The van der Waals surface area contributed by atoms with E-state index >= 15 is 0 Å². The summed E-state index contributed by atoms with van der Waals surface area (Å²) in [6, 6.07) is 11.5. The number of carbonyl (C=O) groups is 1. The fourth-order valence-corrected chi connectivity index (χ4v) is 3.13. The highest BCUT2D eigenvalue weighted by Gasteiger charge is 2.21. The zero-order valence-corrected chi connectivity index (χ0v) is 15.4. The van der Waals surface area contributed by atoms with Crippen molar-refractivity contribution in [1.82, 2.24) is 9.55 Å². The van der Waals surface area contributed by atoms with Crippen molar-refractivity contribution in [3.05, 3.63) is 53.9 Å². The fourth-order valence-electron chi connectivity index (χ4n) is 3.13. The second kappa shape index (κ2) is 6.64. The average molecular weight is 347 g/mol. The van der Waals surface area contributed by atoms with Crippen LogP contribution in [0.3, 0.4) is 0 Å². The Balaban J connectivity index is 2.19. The smallest absolute Gasteiger partial charge is 0.326 e. The molecule has 0 atom stereocenters. The van der Waals surface area contributed by atoms with Crippen LogP contribution < -0.4 is 0 Å². The van der Waals surface area contributed by atoms with Crippen LogP contribution >= 0.6 is 0 Å². The second-order valence-corrected chi connectivity index (χ2v) is 7.23. The van der Waals surface area contributed by atoms with Gasteiger partial charge in [0, 0.05) is 28.9 Å². The lowest BCUT2D eigenvalue weighted by atomic mass is 10.1. The molecule has 0 amide bonds. The van der Waals surface area contributed by atoms with Crippen LogP contribution in [0, 0.1) is 18.3 Å². The van der Waals surface area contributed by atoms with Crippen molar-refractivity contribution in [2.45, 2.75) is 39.8 Å². The SMILES string of the molecule is Cc1c(-c2cccnc2)n(CC(=O)OC(C)(C)C)c2ccc(C#N)cc12. The summed E-state index contributed by atoms with van der Waals surface area (Å²) in [6.07, 6.45) is 3.49. The molecule has 0 aliphatic heterocycles. The number of pyridine rings is 1. The van der Waals surface area contributed by atoms with Crippen molar-refractivity contribution in [3.8, 4) is 17.3 Å². The normalized spacial score (nSPS) is 11.3. The molecular weight excluding hydrogens is 326 g/mol. The van der Waals surface area contributed by atoms with Crippen LogP contribution in [0.25, 0.3) is 22.2 Å². The number of esters is 1. The number of aryl methyl sites for hydroxylation is 1. The minimum Gasteiger partial charge on any atom is -0.459 e. The summed E-state index contributed by atoms with van der Waals surface area (Å²) in [6.45, 7) is 7.65. The van der Waals surface area contributed by atoms with Gasteiger partial charge in [-0.2, -0.15) is 5.26 Å². The highest BCUT2D eigenvalue weighted by atomic mass is 16.6. The van der Waals surface area contributed by atoms with E-state index < -0.39 is 5.60 Å². The summed E-state index contributed by atoms with van der Waals surface area (Å²) in [5.74, 6) is -0.302. The summed E-state index contributed by atoms with van der Waals surface area (Å²) in [7, 11) is 0. The number of aromatic nitrogens is 2. The predicted octanol–water partition coefficient (Wildman–Crippen LogP) is 4.23. The molecule has 5 heteroatoms. The first kappa shape index (κ1) is 17.7. The Labute approximate surface area is 152 Å². The van der Waals surface area contributed by atoms with Gasteiger partial charge in [0.05, 0.1) is 17.3 Å². The summed E-state index contributed by atoms with van der Waals surface area (Å²) in [4.78, 5) is 16.7. The minimum atomic E-state index is -0.544. The van der Waals surface area contributed by atoms with Crippen LogP contribution in [0.4, 0.5) is 0 Å². The first-order chi connectivity index (χ1) is 12.3. The highest BCUT2D eigenvalue weighted by Crippen LogP contribution is 2.33. The van der Waals surface area contributed by atoms with Gasteiger partial charge in [0.2, 0.25) is 0 Å². The Morgan fingerprint density at radius 3 is 2.69 bits per heavy atom. The first-order valence-electron chi connectivity index (χ1n) is 8.45. The Hall–Kier alpha value is -3.13. The Morgan fingerprint density at radius 1 is 1.31 bits per heavy atom. The van der Waals surface area contributed by atoms with Crippen LogP contribution in [0.2, 0.25) is 0 Å². The van der Waals surface area contributed by atoms with Crippen molar-refractivity contribution in [2.75, 3.05) is 0 Å². The van der Waals surface area contributed by atoms with E-state index in [9.17, 15) is 10.1 Å². The third-order valence-electron chi connectivity index (χ3n) is 4.09. The zero-order chi connectivity index (χ0) is 18.9. The van der Waals surface area contributed by atoms with E-state index in [0.29, 0.717) is 5.56 Å². The van der Waals surface area contributed by atoms with Gasteiger partial charge in [-0.15, -0.1) is 0 Å². The Bertz CT molecular complexity index is 1010. The molecule has 1 aromatic carbocycles. The lowest BCUT2D eigenvalue weighted by Crippen LogP contribution is -2.26. The van der Waals surface area contributed by atoms with Gasteiger partial charge in [-0.3, -0.25) is 9.78 Å². The van der Waals surface area contributed by atoms with Crippen LogP contribution in [0.5, 0.6) is 0 Å². The minimum absolute atomic E-state index is 0.0950. The van der Waals surface area contributed by atoms with Crippen molar-refractivity contribution in [3.63, 3.8) is 0 Å². The van der Waals surface area contributed by atoms with Gasteiger partial charge in [0.1, 0.15) is 12.1 Å². The Morgan fingerprint density at radius 2 is 2.08 bits per heavy atom. The van der Waals surface area contributed by atoms with Gasteiger partial charge in [-0.1, -0.05) is 0 Å². The molecule has 2 aromatic heterocycles. The lowest BCUT2D eigenvalue weighted by molar-refractivity contribution is -0.155. The number of nitrogens with zero attached hydrogens (tertiary/aromatic N) is 3. The average Bonchev–Trinajstić information content (AvgIpc) is 2.85. The maximum absolute atomic E-state index is 12.5. The molecule has 0 aliphatic rings. The summed E-state index contributed by atoms with van der Waals surface area (Å²) < 4.78 is 7.45. The van der Waals surface area contributed by atoms with Crippen molar-refractivity contribution in [1.29, 1.82) is 5.26 Å². The third-order valence-corrected chi connectivity index (χ3v) is 4.09. The molecule has 0 aliphatic carbocycles. The molecule has 0 spiro atoms. The molecule has 0 radical (unpaired) electrons. The maximum atomic E-state index is 12.5. The fraction of sp³-hybridized carbons (Fsp3) is 0.286. The number of carbonyl (C=O) groups excluding carboxylic acids is 1. The number of hydrogen-bond donors (Lipinski definition) is 0. The number of nitriles is 1. The predicted molar refractivity (Wildman–Crippen MR) is 100 cm³/mol. The van der Waals surface area contributed by atoms with Gasteiger partial charge in [0.25, 0.3) is 0 Å². The summed E-state index contributed by atoms with van der Waals surface area (Å²) in [5, 5.41) is 10.2. The molecule has 26 heavy (non-hydrogen) atoms. The number of ether oxygens (including phenoxy) is 1. The molecule has 3 rings (SSSR count). The molecule has 0 bridgehead atoms. The molecule has 0 N–H and O–H groups in total. The molecule has 0 fully saturated rings. The number of fused-ring (bicyclic) bond motifs is 1. The molecule has 2 heterocycles. The van der Waals surface area contributed by atoms with Crippen molar-refractivity contribution in [2.24, 2.45) is 0 Å². The van der Waals surface area contributed by atoms with Crippen LogP contribution in [-0.4, -0.2) is 21.1 Å². The van der Waals surface area contributed by atoms with Crippen molar-refractivity contribution < 1.29 is 9.53 Å². The maximum Gasteiger partial charge on any atom is 0.326 e. The highest BCUT2D eigenvalue weighted by molar-refractivity contribution is 5.93. The number of rotatable bonds is 3. The van der Waals surface area contributed by atoms with E-state index in [-0.39, 0.29) is 12.5 Å². The molecule has 0 unspecified atom stereocenters. The van der Waals surface area contributed by atoms with Gasteiger partial charge >= 0.3 is 5.97 Å². The van der Waals surface area contributed by atoms with Gasteiger partial charge in [-0.25, -0.2) is 0 Å². The van der Waals surface area contributed by atoms with E-state index in [0.717, 1.165) is 27.7 Å². The molecule has 0 saturated carbocycles. The molecule has 0 saturated heterocycles. The van der Waals surface area contributed by atoms with Gasteiger partial charge in [-0.05, 0) is 63.6 Å². The van der Waals surface area contributed by atoms with Crippen molar-refractivity contribution >= 4 is 16.9 Å². The summed E-state index contributed by atoms with van der Waals surface area (Å²) >= 11 is 0. The van der Waals surface area contributed by atoms with Gasteiger partial charge < -0.3 is 9.30 Å². The Kier molecular flexibility index (Phi) is 4.52. The van der Waals surface area contributed by atoms with E-state index in [1.807, 2.05) is 56.5 Å². The molecule has 132 valence electrons. The van der Waals surface area contributed by atoms with E-state index in [4.69, 9.17) is 4.74 Å². The standard InChI is InChI=1S/C21H21N3O2/c1-14-17-10-15(11-22)7-8-18(17)24(13-19(25)26-21(2,3)4)20(14)16-6-5-9-23-12-16/h5-10,12H,13H2,1-4H3. The van der Waals surface area contributed by atoms with Crippen LogP contribution in [0.1, 0.15) is 31.9 Å². The largest absolute Gasteiger partial charge is 0.459 e. The first-order valence-corrected chi connectivity index (χ1v) is 8.45. The van der Waals surface area contributed by atoms with Crippen LogP contribution in [-0.2, 0) is 16.1 Å². The number of hydrogen-bond acceptors (Lipinski definition) is 4. The second-order valence-electron chi connectivity index (χ2n) is 7.23. The van der Waals surface area contributed by atoms with E-state index in [1.165, 1.54) is 0 Å². The molecule has 3 aromatic rings. The third kappa shape index (κ3) is 3.45. The van der Waals surface area contributed by atoms with E-state index in [2.05, 4.69) is 11.1 Å². The zero-order valence-electron chi connectivity index (χ0n) is 15.4. The summed E-state index contributed by atoms with van der Waals surface area (Å²) in [5.41, 5.74) is 3.78. The monoisotopic (exact) mass is 347 g/mol. The van der Waals surface area contributed by atoms with Crippen LogP contribution in [0.15, 0.2) is 42.7 Å². The van der Waals surface area contributed by atoms with Gasteiger partial charge in [0.15, 0.2) is 0 Å².